The molecule has 0 spiro atoms. The first kappa shape index (κ1) is 14.0. The molecule has 1 aliphatic heterocycles. The first-order valence-electron chi connectivity index (χ1n) is 6.99. The molecule has 19 heavy (non-hydrogen) atoms. The summed E-state index contributed by atoms with van der Waals surface area (Å²) >= 11 is 0. The first-order chi connectivity index (χ1) is 9.20. The van der Waals surface area contributed by atoms with Gasteiger partial charge in [-0.3, -0.25) is 9.69 Å². The van der Waals surface area contributed by atoms with Crippen molar-refractivity contribution in [1.82, 2.24) is 20.1 Å². The van der Waals surface area contributed by atoms with Gasteiger partial charge >= 0.3 is 0 Å². The summed E-state index contributed by atoms with van der Waals surface area (Å²) in [6, 6.07) is 0. The molecule has 6 heteroatoms. The molecule has 0 radical (unpaired) electrons. The van der Waals surface area contributed by atoms with Crippen LogP contribution >= 0.6 is 0 Å². The van der Waals surface area contributed by atoms with Gasteiger partial charge in [0.1, 0.15) is 11.4 Å². The van der Waals surface area contributed by atoms with E-state index in [1.165, 1.54) is 0 Å². The number of piperazine rings is 1. The molecule has 1 amide bonds. The fourth-order valence-electron chi connectivity index (χ4n) is 2.25. The Kier molecular flexibility index (Phi) is 4.90. The third kappa shape index (κ3) is 3.76. The van der Waals surface area contributed by atoms with E-state index in [9.17, 15) is 4.79 Å². The average molecular weight is 266 g/mol. The predicted molar refractivity (Wildman–Crippen MR) is 70.4 cm³/mol. The number of nitrogens with zero attached hydrogens (tertiary/aromatic N) is 4. The molecule has 106 valence electrons. The highest BCUT2D eigenvalue weighted by atomic mass is 16.6. The van der Waals surface area contributed by atoms with Crippen LogP contribution in [0.25, 0.3) is 0 Å². The lowest BCUT2D eigenvalue weighted by Gasteiger charge is -2.34. The van der Waals surface area contributed by atoms with Gasteiger partial charge in [0, 0.05) is 39.1 Å². The summed E-state index contributed by atoms with van der Waals surface area (Å²) in [5, 5.41) is 7.68. The van der Waals surface area contributed by atoms with E-state index in [1.54, 1.807) is 0 Å². The Bertz CT molecular complexity index is 411. The maximum atomic E-state index is 11.9. The molecular weight excluding hydrogens is 244 g/mol. The maximum Gasteiger partial charge on any atom is 0.222 e. The van der Waals surface area contributed by atoms with Gasteiger partial charge in [-0.2, -0.15) is 0 Å². The third-order valence-corrected chi connectivity index (χ3v) is 3.59. The first-order valence-corrected chi connectivity index (χ1v) is 6.99. The molecule has 1 aliphatic rings. The number of aromatic nitrogens is 2. The van der Waals surface area contributed by atoms with Crippen molar-refractivity contribution >= 4 is 5.91 Å². The van der Waals surface area contributed by atoms with E-state index >= 15 is 0 Å². The molecule has 0 N–H and O–H groups in total. The lowest BCUT2D eigenvalue weighted by Crippen LogP contribution is -2.48. The Labute approximate surface area is 113 Å². The summed E-state index contributed by atoms with van der Waals surface area (Å²) in [7, 11) is 0. The van der Waals surface area contributed by atoms with E-state index in [0.29, 0.717) is 12.3 Å². The standard InChI is InChI=1S/C13H22N4O2/c1-3-4-5-13(18)17-8-6-16(7-9-17)10-12-11(2)14-19-15-12/h3-10H2,1-2H3. The average Bonchev–Trinajstić information content (AvgIpc) is 2.82. The van der Waals surface area contributed by atoms with Crippen molar-refractivity contribution in [2.24, 2.45) is 0 Å². The van der Waals surface area contributed by atoms with Crippen molar-refractivity contribution in [3.8, 4) is 0 Å². The minimum absolute atomic E-state index is 0.292. The van der Waals surface area contributed by atoms with E-state index < -0.39 is 0 Å². The van der Waals surface area contributed by atoms with Crippen molar-refractivity contribution < 1.29 is 9.42 Å². The highest BCUT2D eigenvalue weighted by Gasteiger charge is 2.21. The van der Waals surface area contributed by atoms with Gasteiger partial charge in [-0.1, -0.05) is 23.7 Å². The van der Waals surface area contributed by atoms with Gasteiger partial charge in [0.25, 0.3) is 0 Å². The van der Waals surface area contributed by atoms with Gasteiger partial charge in [-0.05, 0) is 13.3 Å². The summed E-state index contributed by atoms with van der Waals surface area (Å²) in [6.45, 7) is 8.18. The summed E-state index contributed by atoms with van der Waals surface area (Å²) in [5.74, 6) is 0.292. The second kappa shape index (κ2) is 6.65. The zero-order valence-corrected chi connectivity index (χ0v) is 11.8. The summed E-state index contributed by atoms with van der Waals surface area (Å²) in [4.78, 5) is 16.2. The van der Waals surface area contributed by atoms with Crippen molar-refractivity contribution in [1.29, 1.82) is 0 Å². The predicted octanol–water partition coefficient (Wildman–Crippen LogP) is 1.21. The molecule has 0 atom stereocenters. The van der Waals surface area contributed by atoms with Crippen LogP contribution in [0.2, 0.25) is 0 Å². The van der Waals surface area contributed by atoms with Crippen LogP contribution in [-0.4, -0.2) is 52.2 Å². The second-order valence-corrected chi connectivity index (χ2v) is 5.06. The van der Waals surface area contributed by atoms with Crippen LogP contribution in [0.4, 0.5) is 0 Å². The number of amides is 1. The van der Waals surface area contributed by atoms with Crippen molar-refractivity contribution in [2.45, 2.75) is 39.7 Å². The second-order valence-electron chi connectivity index (χ2n) is 5.06. The Balaban J connectivity index is 1.76. The lowest BCUT2D eigenvalue weighted by atomic mass is 10.2. The molecule has 6 nitrogen and oxygen atoms in total. The van der Waals surface area contributed by atoms with Gasteiger partial charge in [0.05, 0.1) is 0 Å². The van der Waals surface area contributed by atoms with E-state index in [4.69, 9.17) is 4.63 Å². The molecule has 0 saturated carbocycles. The van der Waals surface area contributed by atoms with E-state index in [2.05, 4.69) is 22.1 Å². The van der Waals surface area contributed by atoms with Gasteiger partial charge < -0.3 is 4.90 Å². The highest BCUT2D eigenvalue weighted by Crippen LogP contribution is 2.10. The molecule has 1 fully saturated rings. The Morgan fingerprint density at radius 2 is 2.00 bits per heavy atom. The fraction of sp³-hybridized carbons (Fsp3) is 0.769. The lowest BCUT2D eigenvalue weighted by molar-refractivity contribution is -0.133. The minimum Gasteiger partial charge on any atom is -0.340 e. The number of hydrogen-bond acceptors (Lipinski definition) is 5. The molecule has 1 aromatic heterocycles. The molecule has 2 heterocycles. The van der Waals surface area contributed by atoms with Gasteiger partial charge in [-0.15, -0.1) is 0 Å². The monoisotopic (exact) mass is 266 g/mol. The van der Waals surface area contributed by atoms with Crippen LogP contribution in [0.3, 0.4) is 0 Å². The molecular formula is C13H22N4O2. The quantitative estimate of drug-likeness (QED) is 0.801. The summed E-state index contributed by atoms with van der Waals surface area (Å²) in [5.41, 5.74) is 1.74. The number of hydrogen-bond donors (Lipinski definition) is 0. The summed E-state index contributed by atoms with van der Waals surface area (Å²) in [6.07, 6.45) is 2.75. The smallest absolute Gasteiger partial charge is 0.222 e. The van der Waals surface area contributed by atoms with E-state index in [1.807, 2.05) is 11.8 Å². The van der Waals surface area contributed by atoms with Crippen LogP contribution in [0.5, 0.6) is 0 Å². The molecule has 0 bridgehead atoms. The van der Waals surface area contributed by atoms with Crippen molar-refractivity contribution in [2.75, 3.05) is 26.2 Å². The van der Waals surface area contributed by atoms with Crippen LogP contribution in [0, 0.1) is 6.92 Å². The molecule has 0 aromatic carbocycles. The van der Waals surface area contributed by atoms with Crippen LogP contribution in [0.1, 0.15) is 37.6 Å². The largest absolute Gasteiger partial charge is 0.340 e. The number of unbranched alkanes of at least 4 members (excludes halogenated alkanes) is 1. The molecule has 0 unspecified atom stereocenters. The molecule has 1 saturated heterocycles. The number of rotatable bonds is 5. The van der Waals surface area contributed by atoms with Crippen LogP contribution in [0.15, 0.2) is 4.63 Å². The van der Waals surface area contributed by atoms with Crippen molar-refractivity contribution in [3.63, 3.8) is 0 Å². The Morgan fingerprint density at radius 3 is 2.58 bits per heavy atom. The minimum atomic E-state index is 0.292. The molecule has 1 aromatic rings. The van der Waals surface area contributed by atoms with Gasteiger partial charge in [0.15, 0.2) is 0 Å². The van der Waals surface area contributed by atoms with Crippen molar-refractivity contribution in [3.05, 3.63) is 11.4 Å². The van der Waals surface area contributed by atoms with Crippen LogP contribution in [-0.2, 0) is 11.3 Å². The van der Waals surface area contributed by atoms with Gasteiger partial charge in [0.2, 0.25) is 5.91 Å². The summed E-state index contributed by atoms with van der Waals surface area (Å²) < 4.78 is 4.70. The highest BCUT2D eigenvalue weighted by molar-refractivity contribution is 5.76. The Morgan fingerprint density at radius 1 is 1.26 bits per heavy atom. The third-order valence-electron chi connectivity index (χ3n) is 3.59. The Hall–Kier alpha value is -1.43. The SMILES string of the molecule is CCCCC(=O)N1CCN(Cc2nonc2C)CC1. The van der Waals surface area contributed by atoms with Crippen LogP contribution < -0.4 is 0 Å². The zero-order chi connectivity index (χ0) is 13.7. The molecule has 0 aliphatic carbocycles. The normalized spacial score (nSPS) is 16.8. The topological polar surface area (TPSA) is 62.5 Å². The molecule has 2 rings (SSSR count). The number of carbonyl (C=O) groups excluding carboxylic acids is 1. The van der Waals surface area contributed by atoms with Gasteiger partial charge in [-0.25, -0.2) is 4.63 Å². The van der Waals surface area contributed by atoms with E-state index in [0.717, 1.165) is 57.0 Å². The number of aryl methyl sites for hydroxylation is 1. The maximum absolute atomic E-state index is 11.9. The number of carbonyl (C=O) groups is 1. The van der Waals surface area contributed by atoms with E-state index in [-0.39, 0.29) is 0 Å². The fourth-order valence-corrected chi connectivity index (χ4v) is 2.25. The zero-order valence-electron chi connectivity index (χ0n) is 11.8.